The van der Waals surface area contributed by atoms with Crippen LogP contribution < -0.4 is 14.2 Å². The monoisotopic (exact) mass is 561 g/mol. The minimum absolute atomic E-state index is 0.0186. The Bertz CT molecular complexity index is 1560. The summed E-state index contributed by atoms with van der Waals surface area (Å²) in [6, 6.07) is 11.0. The van der Waals surface area contributed by atoms with Crippen LogP contribution in [0.1, 0.15) is 37.5 Å². The first-order valence-electron chi connectivity index (χ1n) is 11.4. The van der Waals surface area contributed by atoms with Crippen LogP contribution in [0.5, 0.6) is 11.5 Å². The molecule has 0 aliphatic carbocycles. The van der Waals surface area contributed by atoms with E-state index in [-0.39, 0.29) is 21.3 Å². The van der Waals surface area contributed by atoms with Crippen LogP contribution in [0.4, 0.5) is 18.3 Å². The van der Waals surface area contributed by atoms with E-state index in [2.05, 4.69) is 14.7 Å². The maximum Gasteiger partial charge on any atom is 0.416 e. The molecule has 1 aliphatic heterocycles. The molecule has 2 aromatic heterocycles. The van der Waals surface area contributed by atoms with Gasteiger partial charge in [-0.25, -0.2) is 13.4 Å². The van der Waals surface area contributed by atoms with E-state index in [0.717, 1.165) is 23.5 Å². The molecule has 0 saturated heterocycles. The first-order valence-corrected chi connectivity index (χ1v) is 13.8. The number of sulfonamides is 1. The van der Waals surface area contributed by atoms with Crippen LogP contribution in [0.25, 0.3) is 11.1 Å². The van der Waals surface area contributed by atoms with Crippen LogP contribution in [-0.2, 0) is 16.2 Å². The van der Waals surface area contributed by atoms with Crippen LogP contribution in [0.2, 0.25) is 0 Å². The summed E-state index contributed by atoms with van der Waals surface area (Å²) in [6.07, 6.45) is -0.288. The number of anilines is 1. The molecule has 0 saturated carbocycles. The first kappa shape index (κ1) is 26.0. The highest BCUT2D eigenvalue weighted by Crippen LogP contribution is 2.45. The average Bonchev–Trinajstić information content (AvgIpc) is 3.35. The van der Waals surface area contributed by atoms with Crippen LogP contribution >= 0.6 is 11.3 Å². The van der Waals surface area contributed by atoms with Crippen LogP contribution in [-0.4, -0.2) is 24.0 Å². The van der Waals surface area contributed by atoms with Crippen molar-refractivity contribution >= 4 is 26.5 Å². The molecule has 5 rings (SSSR count). The van der Waals surface area contributed by atoms with E-state index < -0.39 is 33.5 Å². The fourth-order valence-electron chi connectivity index (χ4n) is 4.20. The van der Waals surface area contributed by atoms with Crippen molar-refractivity contribution in [3.63, 3.8) is 0 Å². The summed E-state index contributed by atoms with van der Waals surface area (Å²) in [5.41, 5.74) is -0.182. The summed E-state index contributed by atoms with van der Waals surface area (Å²) in [7, 11) is -3.93. The van der Waals surface area contributed by atoms with Crippen LogP contribution in [0, 0.1) is 0 Å². The lowest BCUT2D eigenvalue weighted by molar-refractivity contribution is -0.137. The van der Waals surface area contributed by atoms with Crippen molar-refractivity contribution in [1.29, 1.82) is 0 Å². The summed E-state index contributed by atoms with van der Waals surface area (Å²) in [5, 5.41) is 1.89. The number of nitrogens with one attached hydrogen (secondary N) is 1. The van der Waals surface area contributed by atoms with Gasteiger partial charge in [-0.3, -0.25) is 9.71 Å². The van der Waals surface area contributed by atoms with Crippen molar-refractivity contribution in [3.8, 4) is 22.6 Å². The fraction of sp³-hybridized carbons (Fsp3) is 0.231. The van der Waals surface area contributed by atoms with Gasteiger partial charge in [0.2, 0.25) is 0 Å². The molecule has 0 radical (unpaired) electrons. The van der Waals surface area contributed by atoms with E-state index in [9.17, 15) is 21.6 Å². The number of pyridine rings is 1. The summed E-state index contributed by atoms with van der Waals surface area (Å²) in [6.45, 7) is 3.66. The Labute approximate surface area is 221 Å². The molecule has 7 nitrogen and oxygen atoms in total. The lowest BCUT2D eigenvalue weighted by atomic mass is 9.91. The number of hydrogen-bond donors (Lipinski definition) is 1. The predicted molar refractivity (Wildman–Crippen MR) is 137 cm³/mol. The van der Waals surface area contributed by atoms with Gasteiger partial charge in [0.1, 0.15) is 23.2 Å². The summed E-state index contributed by atoms with van der Waals surface area (Å²) in [4.78, 5) is 7.89. The first-order chi connectivity index (χ1) is 17.9. The number of halogens is 3. The number of nitrogens with zero attached hydrogens (tertiary/aromatic N) is 2. The van der Waals surface area contributed by atoms with Crippen molar-refractivity contribution in [2.24, 2.45) is 0 Å². The maximum absolute atomic E-state index is 13.5. The molecule has 4 aromatic rings. The highest BCUT2D eigenvalue weighted by molar-refractivity contribution is 7.93. The quantitative estimate of drug-likeness (QED) is 0.282. The summed E-state index contributed by atoms with van der Waals surface area (Å²) >= 11 is 1.15. The molecule has 0 bridgehead atoms. The zero-order chi connectivity index (χ0) is 27.1. The maximum atomic E-state index is 13.5. The number of benzene rings is 2. The third-order valence-corrected chi connectivity index (χ3v) is 8.08. The normalized spacial score (nSPS) is 16.8. The van der Waals surface area contributed by atoms with Crippen molar-refractivity contribution in [3.05, 3.63) is 83.6 Å². The molecular formula is C26H22F3N3O4S2. The zero-order valence-electron chi connectivity index (χ0n) is 20.2. The van der Waals surface area contributed by atoms with Crippen molar-refractivity contribution < 1.29 is 31.1 Å². The Morgan fingerprint density at radius 1 is 1.08 bits per heavy atom. The number of alkyl halides is 3. The minimum Gasteiger partial charge on any atom is -0.487 e. The molecule has 2 aromatic carbocycles. The third kappa shape index (κ3) is 5.46. The molecule has 12 heteroatoms. The molecule has 1 aliphatic rings. The van der Waals surface area contributed by atoms with Crippen LogP contribution in [0.3, 0.4) is 0 Å². The molecule has 198 valence electrons. The van der Waals surface area contributed by atoms with Gasteiger partial charge in [-0.1, -0.05) is 6.07 Å². The van der Waals surface area contributed by atoms with Crippen LogP contribution in [0.15, 0.2) is 77.4 Å². The van der Waals surface area contributed by atoms with E-state index in [1.165, 1.54) is 36.8 Å². The number of thiazole rings is 1. The van der Waals surface area contributed by atoms with Gasteiger partial charge in [-0.15, -0.1) is 11.3 Å². The largest absolute Gasteiger partial charge is 0.487 e. The molecule has 1 atom stereocenters. The van der Waals surface area contributed by atoms with Gasteiger partial charge in [0.25, 0.3) is 10.0 Å². The highest BCUT2D eigenvalue weighted by atomic mass is 32.2. The van der Waals surface area contributed by atoms with Gasteiger partial charge in [-0.2, -0.15) is 13.2 Å². The zero-order valence-corrected chi connectivity index (χ0v) is 21.8. The predicted octanol–water partition coefficient (Wildman–Crippen LogP) is 6.71. The van der Waals surface area contributed by atoms with Gasteiger partial charge in [-0.05, 0) is 55.8 Å². The Hall–Kier alpha value is -3.64. The van der Waals surface area contributed by atoms with E-state index >= 15 is 0 Å². The lowest BCUT2D eigenvalue weighted by Gasteiger charge is -2.38. The Morgan fingerprint density at radius 3 is 2.53 bits per heavy atom. The van der Waals surface area contributed by atoms with E-state index in [1.54, 1.807) is 23.6 Å². The Kier molecular flexibility index (Phi) is 6.56. The third-order valence-electron chi connectivity index (χ3n) is 5.93. The van der Waals surface area contributed by atoms with Gasteiger partial charge in [0.15, 0.2) is 5.13 Å². The number of ether oxygens (including phenoxy) is 2. The number of aromatic nitrogens is 2. The molecular weight excluding hydrogens is 539 g/mol. The second-order valence-corrected chi connectivity index (χ2v) is 11.8. The SMILES string of the molecule is CC1(C)CC(Oc2ccc(C(F)(F)F)cc2-c2ccncc2)c2ccc(S(=O)(=O)Nc3nccs3)cc2O1. The second-order valence-electron chi connectivity index (χ2n) is 9.26. The summed E-state index contributed by atoms with van der Waals surface area (Å²) < 4.78 is 81.2. The summed E-state index contributed by atoms with van der Waals surface area (Å²) in [5.74, 6) is 0.561. The van der Waals surface area contributed by atoms with E-state index in [0.29, 0.717) is 23.3 Å². The van der Waals surface area contributed by atoms with Crippen molar-refractivity contribution in [2.75, 3.05) is 4.72 Å². The smallest absolute Gasteiger partial charge is 0.416 e. The highest BCUT2D eigenvalue weighted by Gasteiger charge is 2.37. The molecule has 3 heterocycles. The minimum atomic E-state index is -4.53. The molecule has 1 N–H and O–H groups in total. The fourth-order valence-corrected chi connectivity index (χ4v) is 6.01. The Morgan fingerprint density at radius 2 is 1.84 bits per heavy atom. The molecule has 0 fully saturated rings. The molecule has 1 unspecified atom stereocenters. The van der Waals surface area contributed by atoms with Gasteiger partial charge >= 0.3 is 6.18 Å². The van der Waals surface area contributed by atoms with E-state index in [4.69, 9.17) is 9.47 Å². The van der Waals surface area contributed by atoms with E-state index in [1.807, 2.05) is 13.8 Å². The average molecular weight is 562 g/mol. The molecule has 0 spiro atoms. The van der Waals surface area contributed by atoms with Crippen molar-refractivity contribution in [2.45, 2.75) is 43.0 Å². The second kappa shape index (κ2) is 9.59. The molecule has 0 amide bonds. The molecule has 38 heavy (non-hydrogen) atoms. The lowest BCUT2D eigenvalue weighted by Crippen LogP contribution is -2.36. The topological polar surface area (TPSA) is 90.4 Å². The number of rotatable bonds is 6. The number of fused-ring (bicyclic) bond motifs is 1. The Balaban J connectivity index is 1.52. The standard InChI is InChI=1S/C26H22F3N3O4S2/c1-25(2)15-23(19-5-4-18(14-22(19)36-25)38(33,34)32-24-31-11-12-37-24)35-21-6-3-17(26(27,28)29)13-20(21)16-7-9-30-10-8-16/h3-14,23H,15H2,1-2H3,(H,31,32). The van der Waals surface area contributed by atoms with Gasteiger partial charge < -0.3 is 9.47 Å². The van der Waals surface area contributed by atoms with Gasteiger partial charge in [0, 0.05) is 47.6 Å². The number of hydrogen-bond acceptors (Lipinski definition) is 7. The van der Waals surface area contributed by atoms with Crippen molar-refractivity contribution in [1.82, 2.24) is 9.97 Å². The van der Waals surface area contributed by atoms with Gasteiger partial charge in [0.05, 0.1) is 10.5 Å².